The van der Waals surface area contributed by atoms with E-state index in [1.165, 1.54) is 29.3 Å². The number of hydrogen-bond donors (Lipinski definition) is 1. The molecule has 2 aliphatic rings. The second kappa shape index (κ2) is 8.58. The summed E-state index contributed by atoms with van der Waals surface area (Å²) >= 11 is 1.43. The molecule has 1 saturated heterocycles. The van der Waals surface area contributed by atoms with E-state index in [-0.39, 0.29) is 30.1 Å². The van der Waals surface area contributed by atoms with Crippen molar-refractivity contribution in [3.8, 4) is 0 Å². The van der Waals surface area contributed by atoms with Gasteiger partial charge in [-0.3, -0.25) is 14.4 Å². The van der Waals surface area contributed by atoms with E-state index in [1.807, 2.05) is 6.07 Å². The van der Waals surface area contributed by atoms with Gasteiger partial charge in [0, 0.05) is 23.9 Å². The lowest BCUT2D eigenvalue weighted by Gasteiger charge is -2.30. The fourth-order valence-corrected chi connectivity index (χ4v) is 4.23. The lowest BCUT2D eigenvalue weighted by atomic mass is 9.96. The van der Waals surface area contributed by atoms with Gasteiger partial charge in [-0.1, -0.05) is 6.07 Å². The van der Waals surface area contributed by atoms with Crippen LogP contribution < -0.4 is 5.73 Å². The van der Waals surface area contributed by atoms with Crippen LogP contribution in [-0.4, -0.2) is 48.1 Å². The van der Waals surface area contributed by atoms with Crippen molar-refractivity contribution in [1.29, 1.82) is 0 Å². The van der Waals surface area contributed by atoms with Gasteiger partial charge in [-0.15, -0.1) is 11.8 Å². The number of ether oxygens (including phenoxy) is 1. The molecule has 0 radical (unpaired) electrons. The number of thioether (sulfide) groups is 1. The van der Waals surface area contributed by atoms with E-state index >= 15 is 0 Å². The van der Waals surface area contributed by atoms with Crippen LogP contribution in [0.1, 0.15) is 30.4 Å². The third kappa shape index (κ3) is 4.78. The SMILES string of the molecule is NC(=O)C1CCN(C(=O)COC(=O)CSc2ccc3c(c2)CCC3)CC1. The Morgan fingerprint density at radius 3 is 2.62 bits per heavy atom. The number of aryl methyl sites for hydroxylation is 2. The fourth-order valence-electron chi connectivity index (χ4n) is 3.47. The van der Waals surface area contributed by atoms with Crippen molar-refractivity contribution in [1.82, 2.24) is 4.90 Å². The molecule has 7 heteroatoms. The molecule has 0 atom stereocenters. The van der Waals surface area contributed by atoms with Gasteiger partial charge < -0.3 is 15.4 Å². The summed E-state index contributed by atoms with van der Waals surface area (Å²) in [6.07, 6.45) is 4.59. The molecule has 0 bridgehead atoms. The van der Waals surface area contributed by atoms with Gasteiger partial charge >= 0.3 is 5.97 Å². The molecule has 1 aromatic carbocycles. The van der Waals surface area contributed by atoms with E-state index in [0.29, 0.717) is 25.9 Å². The lowest BCUT2D eigenvalue weighted by Crippen LogP contribution is -2.43. The van der Waals surface area contributed by atoms with E-state index in [1.54, 1.807) is 4.90 Å². The number of nitrogens with zero attached hydrogens (tertiary/aromatic N) is 1. The molecule has 0 spiro atoms. The van der Waals surface area contributed by atoms with Crippen LogP contribution in [0.2, 0.25) is 0 Å². The topological polar surface area (TPSA) is 89.7 Å². The predicted molar refractivity (Wildman–Crippen MR) is 98.6 cm³/mol. The summed E-state index contributed by atoms with van der Waals surface area (Å²) in [6.45, 7) is 0.715. The van der Waals surface area contributed by atoms with Gasteiger partial charge in [0.25, 0.3) is 5.91 Å². The highest BCUT2D eigenvalue weighted by Gasteiger charge is 2.26. The summed E-state index contributed by atoms with van der Waals surface area (Å²) in [6, 6.07) is 6.32. The zero-order valence-corrected chi connectivity index (χ0v) is 15.6. The summed E-state index contributed by atoms with van der Waals surface area (Å²) < 4.78 is 5.10. The molecule has 1 aromatic rings. The smallest absolute Gasteiger partial charge is 0.316 e. The first kappa shape index (κ1) is 18.8. The second-order valence-electron chi connectivity index (χ2n) is 6.79. The standard InChI is InChI=1S/C19H24N2O4S/c20-19(24)14-6-8-21(9-7-14)17(22)11-25-18(23)12-26-16-5-4-13-2-1-3-15(13)10-16/h4-5,10,14H,1-3,6-9,11-12H2,(H2,20,24). The monoisotopic (exact) mass is 376 g/mol. The average Bonchev–Trinajstić information content (AvgIpc) is 3.12. The van der Waals surface area contributed by atoms with Gasteiger partial charge in [0.1, 0.15) is 0 Å². The normalized spacial score (nSPS) is 17.0. The summed E-state index contributed by atoms with van der Waals surface area (Å²) in [5.74, 6) is -0.896. The van der Waals surface area contributed by atoms with Crippen molar-refractivity contribution in [2.24, 2.45) is 11.7 Å². The Labute approximate surface area is 157 Å². The van der Waals surface area contributed by atoms with E-state index in [0.717, 1.165) is 17.7 Å². The van der Waals surface area contributed by atoms with E-state index in [2.05, 4.69) is 12.1 Å². The number of piperidine rings is 1. The largest absolute Gasteiger partial charge is 0.455 e. The molecule has 1 aliphatic heterocycles. The molecule has 0 saturated carbocycles. The number of likely N-dealkylation sites (tertiary alicyclic amines) is 1. The van der Waals surface area contributed by atoms with E-state index in [4.69, 9.17) is 10.5 Å². The third-order valence-electron chi connectivity index (χ3n) is 5.03. The quantitative estimate of drug-likeness (QED) is 0.601. The van der Waals surface area contributed by atoms with Crippen LogP contribution in [0.5, 0.6) is 0 Å². The number of nitrogens with two attached hydrogens (primary N) is 1. The van der Waals surface area contributed by atoms with Crippen molar-refractivity contribution >= 4 is 29.5 Å². The fraction of sp³-hybridized carbons (Fsp3) is 0.526. The minimum Gasteiger partial charge on any atom is -0.455 e. The van der Waals surface area contributed by atoms with Gasteiger partial charge in [0.05, 0.1) is 5.75 Å². The van der Waals surface area contributed by atoms with E-state index in [9.17, 15) is 14.4 Å². The van der Waals surface area contributed by atoms with E-state index < -0.39 is 5.97 Å². The zero-order chi connectivity index (χ0) is 18.5. The van der Waals surface area contributed by atoms with Crippen LogP contribution >= 0.6 is 11.8 Å². The van der Waals surface area contributed by atoms with Gasteiger partial charge in [-0.25, -0.2) is 0 Å². The van der Waals surface area contributed by atoms with Crippen molar-refractivity contribution in [3.05, 3.63) is 29.3 Å². The van der Waals surface area contributed by atoms with Crippen molar-refractivity contribution in [3.63, 3.8) is 0 Å². The molecule has 1 fully saturated rings. The minimum atomic E-state index is -0.393. The molecule has 0 unspecified atom stereocenters. The van der Waals surface area contributed by atoms with Gasteiger partial charge in [0.2, 0.25) is 5.91 Å². The number of primary amides is 1. The number of hydrogen-bond acceptors (Lipinski definition) is 5. The molecule has 6 nitrogen and oxygen atoms in total. The highest BCUT2D eigenvalue weighted by atomic mass is 32.2. The van der Waals surface area contributed by atoms with Gasteiger partial charge in [-0.05, 0) is 55.4 Å². The van der Waals surface area contributed by atoms with Crippen molar-refractivity contribution in [2.75, 3.05) is 25.4 Å². The number of benzene rings is 1. The third-order valence-corrected chi connectivity index (χ3v) is 6.00. The second-order valence-corrected chi connectivity index (χ2v) is 7.84. The molecule has 2 N–H and O–H groups in total. The van der Waals surface area contributed by atoms with Gasteiger partial charge in [-0.2, -0.15) is 0 Å². The highest BCUT2D eigenvalue weighted by molar-refractivity contribution is 8.00. The number of carbonyl (C=O) groups excluding carboxylic acids is 3. The molecule has 1 aliphatic carbocycles. The molecule has 1 heterocycles. The number of carbonyl (C=O) groups is 3. The number of amides is 2. The maximum Gasteiger partial charge on any atom is 0.316 e. The van der Waals surface area contributed by atoms with Crippen molar-refractivity contribution in [2.45, 2.75) is 37.0 Å². The summed E-state index contributed by atoms with van der Waals surface area (Å²) in [7, 11) is 0. The molecule has 140 valence electrons. The highest BCUT2D eigenvalue weighted by Crippen LogP contribution is 2.27. The first-order valence-electron chi connectivity index (χ1n) is 9.00. The molecule has 26 heavy (non-hydrogen) atoms. The number of rotatable bonds is 6. The number of fused-ring (bicyclic) bond motifs is 1. The Bertz CT molecular complexity index is 699. The lowest BCUT2D eigenvalue weighted by molar-refractivity contribution is -0.150. The zero-order valence-electron chi connectivity index (χ0n) is 14.7. The van der Waals surface area contributed by atoms with Crippen LogP contribution in [0.15, 0.2) is 23.1 Å². The first-order chi connectivity index (χ1) is 12.5. The molecular weight excluding hydrogens is 352 g/mol. The van der Waals surface area contributed by atoms with Crippen LogP contribution in [0, 0.1) is 5.92 Å². The Morgan fingerprint density at radius 2 is 1.88 bits per heavy atom. The Hall–Kier alpha value is -2.02. The minimum absolute atomic E-state index is 0.162. The summed E-state index contributed by atoms with van der Waals surface area (Å²) in [5.41, 5.74) is 8.06. The first-order valence-corrected chi connectivity index (χ1v) is 9.99. The maximum atomic E-state index is 12.1. The Kier molecular flexibility index (Phi) is 6.19. The van der Waals surface area contributed by atoms with Gasteiger partial charge in [0.15, 0.2) is 6.61 Å². The van der Waals surface area contributed by atoms with Crippen LogP contribution in [-0.2, 0) is 32.0 Å². The number of esters is 1. The molecule has 3 rings (SSSR count). The maximum absolute atomic E-state index is 12.1. The molecule has 2 amide bonds. The molecular formula is C19H24N2O4S. The predicted octanol–water partition coefficient (Wildman–Crippen LogP) is 1.53. The summed E-state index contributed by atoms with van der Waals surface area (Å²) in [5, 5.41) is 0. The van der Waals surface area contributed by atoms with Crippen molar-refractivity contribution < 1.29 is 19.1 Å². The van der Waals surface area contributed by atoms with Crippen LogP contribution in [0.25, 0.3) is 0 Å². The summed E-state index contributed by atoms with van der Waals surface area (Å²) in [4.78, 5) is 37.8. The molecule has 0 aromatic heterocycles. The Balaban J connectivity index is 1.37. The van der Waals surface area contributed by atoms with Crippen LogP contribution in [0.4, 0.5) is 0 Å². The Morgan fingerprint density at radius 1 is 1.15 bits per heavy atom. The van der Waals surface area contributed by atoms with Crippen LogP contribution in [0.3, 0.4) is 0 Å². The average molecular weight is 376 g/mol.